The molecule has 0 atom stereocenters. The van der Waals surface area contributed by atoms with Crippen LogP contribution in [-0.2, 0) is 4.65 Å². The van der Waals surface area contributed by atoms with Crippen LogP contribution in [0.1, 0.15) is 0 Å². The van der Waals surface area contributed by atoms with Crippen LogP contribution in [0.3, 0.4) is 0 Å². The number of hydrogen-bond donors (Lipinski definition) is 1. The average molecular weight is 161 g/mol. The van der Waals surface area contributed by atoms with Gasteiger partial charge in [0.05, 0.1) is 6.07 Å². The van der Waals surface area contributed by atoms with Gasteiger partial charge in [-0.1, -0.05) is 30.3 Å². The molecule has 0 saturated carbocycles. The minimum Gasteiger partial charge on any atom is -0.423 e. The SMILES string of the molecule is N#CCOB(O)c1ccccc1. The minimum atomic E-state index is -0.995. The third kappa shape index (κ3) is 2.38. The summed E-state index contributed by atoms with van der Waals surface area (Å²) in [6.07, 6.45) is 0. The molecule has 0 bridgehead atoms. The lowest BCUT2D eigenvalue weighted by molar-refractivity contribution is 0.308. The molecule has 0 unspecified atom stereocenters. The number of nitriles is 1. The van der Waals surface area contributed by atoms with Crippen molar-refractivity contribution in [3.05, 3.63) is 30.3 Å². The Morgan fingerprint density at radius 3 is 2.67 bits per heavy atom. The van der Waals surface area contributed by atoms with Gasteiger partial charge in [-0.2, -0.15) is 5.26 Å². The van der Waals surface area contributed by atoms with Gasteiger partial charge in [0, 0.05) is 0 Å². The largest absolute Gasteiger partial charge is 0.491 e. The van der Waals surface area contributed by atoms with E-state index in [0.29, 0.717) is 5.46 Å². The maximum absolute atomic E-state index is 9.28. The van der Waals surface area contributed by atoms with Gasteiger partial charge in [0.15, 0.2) is 0 Å². The van der Waals surface area contributed by atoms with Gasteiger partial charge < -0.3 is 9.68 Å². The summed E-state index contributed by atoms with van der Waals surface area (Å²) >= 11 is 0. The van der Waals surface area contributed by atoms with Crippen LogP contribution in [0.5, 0.6) is 0 Å². The third-order valence-corrected chi connectivity index (χ3v) is 1.39. The predicted octanol–water partition coefficient (Wildman–Crippen LogP) is -0.0857. The molecule has 0 amide bonds. The van der Waals surface area contributed by atoms with E-state index in [9.17, 15) is 5.02 Å². The third-order valence-electron chi connectivity index (χ3n) is 1.39. The van der Waals surface area contributed by atoms with Crippen molar-refractivity contribution in [1.82, 2.24) is 0 Å². The van der Waals surface area contributed by atoms with Crippen molar-refractivity contribution >= 4 is 12.6 Å². The van der Waals surface area contributed by atoms with Gasteiger partial charge >= 0.3 is 7.12 Å². The molecule has 0 aliphatic heterocycles. The Morgan fingerprint density at radius 1 is 1.42 bits per heavy atom. The number of benzene rings is 1. The second kappa shape index (κ2) is 4.55. The van der Waals surface area contributed by atoms with Crippen LogP contribution in [0.4, 0.5) is 0 Å². The van der Waals surface area contributed by atoms with E-state index in [4.69, 9.17) is 9.92 Å². The highest BCUT2D eigenvalue weighted by Crippen LogP contribution is 1.87. The second-order valence-electron chi connectivity index (χ2n) is 2.23. The first-order valence-corrected chi connectivity index (χ1v) is 3.56. The quantitative estimate of drug-likeness (QED) is 0.630. The number of nitrogens with zero attached hydrogens (tertiary/aromatic N) is 1. The summed E-state index contributed by atoms with van der Waals surface area (Å²) in [5.74, 6) is 0. The minimum absolute atomic E-state index is 0.101. The average Bonchev–Trinajstić information content (AvgIpc) is 2.15. The summed E-state index contributed by atoms with van der Waals surface area (Å²) < 4.78 is 4.77. The van der Waals surface area contributed by atoms with Crippen molar-refractivity contribution < 1.29 is 9.68 Å². The van der Waals surface area contributed by atoms with Gasteiger partial charge in [-0.25, -0.2) is 0 Å². The van der Waals surface area contributed by atoms with E-state index in [1.54, 1.807) is 30.3 Å². The van der Waals surface area contributed by atoms with Crippen molar-refractivity contribution in [2.45, 2.75) is 0 Å². The summed E-state index contributed by atoms with van der Waals surface area (Å²) in [5.41, 5.74) is 0.660. The highest BCUT2D eigenvalue weighted by atomic mass is 16.5. The predicted molar refractivity (Wildman–Crippen MR) is 45.6 cm³/mol. The van der Waals surface area contributed by atoms with E-state index < -0.39 is 7.12 Å². The summed E-state index contributed by atoms with van der Waals surface area (Å²) in [5, 5.41) is 17.5. The second-order valence-corrected chi connectivity index (χ2v) is 2.23. The summed E-state index contributed by atoms with van der Waals surface area (Å²) in [7, 11) is -0.995. The van der Waals surface area contributed by atoms with Crippen molar-refractivity contribution in [1.29, 1.82) is 5.26 Å². The Kier molecular flexibility index (Phi) is 3.33. The molecule has 1 rings (SSSR count). The number of rotatable bonds is 3. The Morgan fingerprint density at radius 2 is 2.08 bits per heavy atom. The first-order valence-electron chi connectivity index (χ1n) is 3.56. The molecular weight excluding hydrogens is 153 g/mol. The van der Waals surface area contributed by atoms with Crippen molar-refractivity contribution in [3.63, 3.8) is 0 Å². The normalized spacial score (nSPS) is 9.00. The van der Waals surface area contributed by atoms with Crippen LogP contribution in [0.15, 0.2) is 30.3 Å². The molecule has 0 heterocycles. The molecule has 12 heavy (non-hydrogen) atoms. The van der Waals surface area contributed by atoms with E-state index in [1.165, 1.54) is 0 Å². The Bertz CT molecular complexity index is 270. The number of hydrogen-bond acceptors (Lipinski definition) is 3. The van der Waals surface area contributed by atoms with E-state index in [0.717, 1.165) is 0 Å². The van der Waals surface area contributed by atoms with E-state index >= 15 is 0 Å². The standard InChI is InChI=1S/C8H8BNO2/c10-6-7-12-9(11)8-4-2-1-3-5-8/h1-5,11H,7H2. The lowest BCUT2D eigenvalue weighted by Crippen LogP contribution is -2.33. The van der Waals surface area contributed by atoms with Gasteiger partial charge in [0.1, 0.15) is 6.61 Å². The molecule has 1 aromatic carbocycles. The zero-order valence-corrected chi connectivity index (χ0v) is 6.47. The highest BCUT2D eigenvalue weighted by Gasteiger charge is 2.14. The summed E-state index contributed by atoms with van der Waals surface area (Å²) in [6.45, 7) is -0.101. The fourth-order valence-electron chi connectivity index (χ4n) is 0.830. The molecule has 0 spiro atoms. The fraction of sp³-hybridized carbons (Fsp3) is 0.125. The topological polar surface area (TPSA) is 53.2 Å². The van der Waals surface area contributed by atoms with Crippen LogP contribution < -0.4 is 5.46 Å². The summed E-state index contributed by atoms with van der Waals surface area (Å²) in [6, 6.07) is 10.7. The highest BCUT2D eigenvalue weighted by molar-refractivity contribution is 6.59. The molecule has 0 saturated heterocycles. The smallest absolute Gasteiger partial charge is 0.423 e. The van der Waals surface area contributed by atoms with Crippen molar-refractivity contribution in [2.24, 2.45) is 0 Å². The lowest BCUT2D eigenvalue weighted by atomic mass is 9.80. The van der Waals surface area contributed by atoms with Gasteiger partial charge in [-0.05, 0) is 5.46 Å². The van der Waals surface area contributed by atoms with Gasteiger partial charge in [-0.3, -0.25) is 0 Å². The molecule has 0 radical (unpaired) electrons. The monoisotopic (exact) mass is 161 g/mol. The Balaban J connectivity index is 2.55. The van der Waals surface area contributed by atoms with Gasteiger partial charge in [0.2, 0.25) is 0 Å². The Hall–Kier alpha value is -1.31. The fourth-order valence-corrected chi connectivity index (χ4v) is 0.830. The van der Waals surface area contributed by atoms with E-state index in [-0.39, 0.29) is 6.61 Å². The van der Waals surface area contributed by atoms with Gasteiger partial charge in [-0.15, -0.1) is 0 Å². The molecule has 0 aliphatic carbocycles. The Labute approximate surface area is 71.4 Å². The van der Waals surface area contributed by atoms with Crippen LogP contribution in [-0.4, -0.2) is 18.7 Å². The molecule has 1 N–H and O–H groups in total. The first kappa shape index (κ1) is 8.79. The first-order chi connectivity index (χ1) is 5.84. The zero-order valence-electron chi connectivity index (χ0n) is 6.47. The maximum Gasteiger partial charge on any atom is 0.491 e. The molecule has 4 heteroatoms. The van der Waals surface area contributed by atoms with Crippen molar-refractivity contribution in [3.8, 4) is 6.07 Å². The zero-order chi connectivity index (χ0) is 8.81. The lowest BCUT2D eigenvalue weighted by Gasteiger charge is -2.03. The van der Waals surface area contributed by atoms with Crippen LogP contribution in [0.2, 0.25) is 0 Å². The van der Waals surface area contributed by atoms with E-state index in [2.05, 4.69) is 0 Å². The molecule has 3 nitrogen and oxygen atoms in total. The molecule has 0 aliphatic rings. The molecule has 0 aromatic heterocycles. The molecular formula is C8H8BNO2. The van der Waals surface area contributed by atoms with Crippen molar-refractivity contribution in [2.75, 3.05) is 6.61 Å². The van der Waals surface area contributed by atoms with E-state index in [1.807, 2.05) is 6.07 Å². The molecule has 1 aromatic rings. The maximum atomic E-state index is 9.28. The van der Waals surface area contributed by atoms with Crippen LogP contribution in [0, 0.1) is 11.3 Å². The van der Waals surface area contributed by atoms with Gasteiger partial charge in [0.25, 0.3) is 0 Å². The molecule has 60 valence electrons. The van der Waals surface area contributed by atoms with Crippen LogP contribution in [0.25, 0.3) is 0 Å². The summed E-state index contributed by atoms with van der Waals surface area (Å²) in [4.78, 5) is 0. The van der Waals surface area contributed by atoms with Crippen LogP contribution >= 0.6 is 0 Å². The molecule has 0 fully saturated rings.